The van der Waals surface area contributed by atoms with Gasteiger partial charge in [0.1, 0.15) is 5.82 Å². The molecule has 1 heterocycles. The van der Waals surface area contributed by atoms with Gasteiger partial charge in [-0.1, -0.05) is 12.1 Å². The number of rotatable bonds is 2. The second-order valence-electron chi connectivity index (χ2n) is 5.86. The van der Waals surface area contributed by atoms with Crippen LogP contribution in [0.1, 0.15) is 38.8 Å². The van der Waals surface area contributed by atoms with Crippen LogP contribution in [0.4, 0.5) is 4.39 Å². The van der Waals surface area contributed by atoms with Crippen LogP contribution in [-0.2, 0) is 0 Å². The molecule has 2 nitrogen and oxygen atoms in total. The number of benzene rings is 1. The lowest BCUT2D eigenvalue weighted by Crippen LogP contribution is -2.46. The van der Waals surface area contributed by atoms with Crippen molar-refractivity contribution in [3.05, 3.63) is 35.6 Å². The van der Waals surface area contributed by atoms with E-state index in [1.807, 2.05) is 12.1 Å². The molecule has 1 aromatic rings. The normalized spacial score (nSPS) is 22.4. The Morgan fingerprint density at radius 1 is 1.28 bits per heavy atom. The number of hydrogen-bond donors (Lipinski definition) is 1. The van der Waals surface area contributed by atoms with Crippen LogP contribution in [0.2, 0.25) is 0 Å². The quantitative estimate of drug-likeness (QED) is 0.868. The molecule has 0 amide bonds. The molecule has 0 aromatic heterocycles. The maximum atomic E-state index is 13.0. The van der Waals surface area contributed by atoms with Crippen LogP contribution in [0, 0.1) is 5.82 Å². The molecule has 0 bridgehead atoms. The van der Waals surface area contributed by atoms with Crippen molar-refractivity contribution in [2.45, 2.75) is 38.8 Å². The zero-order chi connectivity index (χ0) is 13.2. The SMILES string of the molecule is CC(c1ccc(F)cc1)N1CCCNC(C)(C)C1. The topological polar surface area (TPSA) is 15.3 Å². The van der Waals surface area contributed by atoms with Crippen molar-refractivity contribution in [2.75, 3.05) is 19.6 Å². The molecule has 1 aliphatic heterocycles. The van der Waals surface area contributed by atoms with E-state index in [0.29, 0.717) is 6.04 Å². The van der Waals surface area contributed by atoms with Crippen molar-refractivity contribution in [3.8, 4) is 0 Å². The molecular weight excluding hydrogens is 227 g/mol. The molecule has 1 aromatic carbocycles. The number of halogens is 1. The Balaban J connectivity index is 2.11. The van der Waals surface area contributed by atoms with Gasteiger partial charge in [-0.25, -0.2) is 4.39 Å². The summed E-state index contributed by atoms with van der Waals surface area (Å²) in [6, 6.07) is 7.22. The van der Waals surface area contributed by atoms with Crippen molar-refractivity contribution < 1.29 is 4.39 Å². The maximum absolute atomic E-state index is 13.0. The monoisotopic (exact) mass is 250 g/mol. The van der Waals surface area contributed by atoms with E-state index in [1.165, 1.54) is 5.56 Å². The van der Waals surface area contributed by atoms with E-state index in [-0.39, 0.29) is 11.4 Å². The summed E-state index contributed by atoms with van der Waals surface area (Å²) in [6.07, 6.45) is 1.16. The van der Waals surface area contributed by atoms with Crippen LogP contribution < -0.4 is 5.32 Å². The standard InChI is InChI=1S/C15H23FN2/c1-12(13-5-7-14(16)8-6-13)18-10-4-9-17-15(2,3)11-18/h5-8,12,17H,4,9-11H2,1-3H3. The minimum absolute atomic E-state index is 0.144. The molecule has 0 saturated carbocycles. The molecular formula is C15H23FN2. The molecule has 0 radical (unpaired) electrons. The van der Waals surface area contributed by atoms with Gasteiger partial charge < -0.3 is 5.32 Å². The number of nitrogens with one attached hydrogen (secondary N) is 1. The largest absolute Gasteiger partial charge is 0.310 e. The molecule has 0 aliphatic carbocycles. The van der Waals surface area contributed by atoms with Crippen LogP contribution >= 0.6 is 0 Å². The summed E-state index contributed by atoms with van der Waals surface area (Å²) in [4.78, 5) is 2.48. The predicted octanol–water partition coefficient (Wildman–Crippen LogP) is 2.96. The van der Waals surface area contributed by atoms with Gasteiger partial charge in [-0.3, -0.25) is 4.90 Å². The third-order valence-corrected chi connectivity index (χ3v) is 3.72. The molecule has 1 atom stereocenters. The van der Waals surface area contributed by atoms with Crippen LogP contribution in [0.25, 0.3) is 0 Å². The first-order chi connectivity index (χ1) is 8.48. The van der Waals surface area contributed by atoms with E-state index in [4.69, 9.17) is 0 Å². The Labute approximate surface area is 109 Å². The summed E-state index contributed by atoms with van der Waals surface area (Å²) in [6.45, 7) is 9.86. The van der Waals surface area contributed by atoms with E-state index >= 15 is 0 Å². The summed E-state index contributed by atoms with van der Waals surface area (Å²) >= 11 is 0. The Morgan fingerprint density at radius 3 is 2.61 bits per heavy atom. The van der Waals surface area contributed by atoms with Gasteiger partial charge in [-0.05, 0) is 51.4 Å². The molecule has 0 spiro atoms. The molecule has 1 fully saturated rings. The first-order valence-corrected chi connectivity index (χ1v) is 6.72. The lowest BCUT2D eigenvalue weighted by atomic mass is 10.0. The second kappa shape index (κ2) is 5.37. The molecule has 100 valence electrons. The lowest BCUT2D eigenvalue weighted by molar-refractivity contribution is 0.180. The zero-order valence-electron chi connectivity index (χ0n) is 11.5. The van der Waals surface area contributed by atoms with E-state index < -0.39 is 0 Å². The van der Waals surface area contributed by atoms with E-state index in [1.54, 1.807) is 12.1 Å². The number of hydrogen-bond acceptors (Lipinski definition) is 2. The predicted molar refractivity (Wildman–Crippen MR) is 73.1 cm³/mol. The fourth-order valence-corrected chi connectivity index (χ4v) is 2.63. The summed E-state index contributed by atoms with van der Waals surface area (Å²) in [7, 11) is 0. The van der Waals surface area contributed by atoms with E-state index in [0.717, 1.165) is 26.1 Å². The first kappa shape index (κ1) is 13.5. The van der Waals surface area contributed by atoms with Gasteiger partial charge in [0.2, 0.25) is 0 Å². The molecule has 1 unspecified atom stereocenters. The van der Waals surface area contributed by atoms with Gasteiger partial charge in [0.25, 0.3) is 0 Å². The van der Waals surface area contributed by atoms with E-state index in [9.17, 15) is 4.39 Å². The molecule has 1 aliphatic rings. The Hall–Kier alpha value is -0.930. The Bertz CT molecular complexity index is 386. The maximum Gasteiger partial charge on any atom is 0.123 e. The average molecular weight is 250 g/mol. The van der Waals surface area contributed by atoms with Crippen LogP contribution in [0.5, 0.6) is 0 Å². The first-order valence-electron chi connectivity index (χ1n) is 6.72. The summed E-state index contributed by atoms with van der Waals surface area (Å²) in [5.74, 6) is -0.163. The van der Waals surface area contributed by atoms with Crippen molar-refractivity contribution in [3.63, 3.8) is 0 Å². The van der Waals surface area contributed by atoms with Crippen molar-refractivity contribution in [1.82, 2.24) is 10.2 Å². The fraction of sp³-hybridized carbons (Fsp3) is 0.600. The highest BCUT2D eigenvalue weighted by molar-refractivity contribution is 5.19. The highest BCUT2D eigenvalue weighted by atomic mass is 19.1. The summed E-state index contributed by atoms with van der Waals surface area (Å²) in [5.41, 5.74) is 1.33. The minimum Gasteiger partial charge on any atom is -0.310 e. The molecule has 3 heteroatoms. The van der Waals surface area contributed by atoms with Gasteiger partial charge >= 0.3 is 0 Å². The van der Waals surface area contributed by atoms with Gasteiger partial charge in [-0.15, -0.1) is 0 Å². The van der Waals surface area contributed by atoms with Crippen molar-refractivity contribution in [2.24, 2.45) is 0 Å². The molecule has 18 heavy (non-hydrogen) atoms. The molecule has 2 rings (SSSR count). The van der Waals surface area contributed by atoms with Gasteiger partial charge in [0, 0.05) is 24.7 Å². The lowest BCUT2D eigenvalue weighted by Gasteiger charge is -2.34. The highest BCUT2D eigenvalue weighted by Crippen LogP contribution is 2.24. The van der Waals surface area contributed by atoms with E-state index in [2.05, 4.69) is 31.0 Å². The van der Waals surface area contributed by atoms with Crippen molar-refractivity contribution >= 4 is 0 Å². The zero-order valence-corrected chi connectivity index (χ0v) is 11.5. The average Bonchev–Trinajstić information content (AvgIpc) is 2.50. The van der Waals surface area contributed by atoms with Crippen LogP contribution in [0.3, 0.4) is 0 Å². The van der Waals surface area contributed by atoms with Crippen LogP contribution in [0.15, 0.2) is 24.3 Å². The summed E-state index contributed by atoms with van der Waals surface area (Å²) in [5, 5.41) is 3.56. The smallest absolute Gasteiger partial charge is 0.123 e. The second-order valence-corrected chi connectivity index (χ2v) is 5.86. The highest BCUT2D eigenvalue weighted by Gasteiger charge is 2.27. The number of nitrogens with zero attached hydrogens (tertiary/aromatic N) is 1. The van der Waals surface area contributed by atoms with Gasteiger partial charge in [0.15, 0.2) is 0 Å². The minimum atomic E-state index is -0.163. The fourth-order valence-electron chi connectivity index (χ4n) is 2.63. The third kappa shape index (κ3) is 3.30. The summed E-state index contributed by atoms with van der Waals surface area (Å²) < 4.78 is 13.0. The van der Waals surface area contributed by atoms with Gasteiger partial charge in [0.05, 0.1) is 0 Å². The third-order valence-electron chi connectivity index (χ3n) is 3.72. The Kier molecular flexibility index (Phi) is 4.03. The van der Waals surface area contributed by atoms with Crippen LogP contribution in [-0.4, -0.2) is 30.1 Å². The molecule has 1 N–H and O–H groups in total. The Morgan fingerprint density at radius 2 is 1.94 bits per heavy atom. The molecule has 1 saturated heterocycles. The van der Waals surface area contributed by atoms with Crippen molar-refractivity contribution in [1.29, 1.82) is 0 Å². The van der Waals surface area contributed by atoms with Gasteiger partial charge in [-0.2, -0.15) is 0 Å².